The summed E-state index contributed by atoms with van der Waals surface area (Å²) in [5.74, 6) is -2.00. The largest absolute Gasteiger partial charge is 0.393 e. The number of halogens is 3. The molecule has 1 aliphatic rings. The molecule has 0 unspecified atom stereocenters. The number of pyridine rings is 1. The van der Waals surface area contributed by atoms with Crippen LogP contribution in [0.4, 0.5) is 13.2 Å². The third kappa shape index (κ3) is 3.62. The van der Waals surface area contributed by atoms with E-state index in [4.69, 9.17) is 0 Å². The van der Waals surface area contributed by atoms with Gasteiger partial charge in [0, 0.05) is 23.7 Å². The van der Waals surface area contributed by atoms with Crippen LogP contribution >= 0.6 is 0 Å². The molecule has 0 spiro atoms. The first-order chi connectivity index (χ1) is 11.8. The summed E-state index contributed by atoms with van der Waals surface area (Å²) >= 11 is 0. The quantitative estimate of drug-likeness (QED) is 0.910. The Balaban J connectivity index is 1.79. The minimum Gasteiger partial charge on any atom is -0.349 e. The topological polar surface area (TPSA) is 59.8 Å². The van der Waals surface area contributed by atoms with Crippen molar-refractivity contribution in [3.63, 3.8) is 0 Å². The van der Waals surface area contributed by atoms with Crippen molar-refractivity contribution in [2.75, 3.05) is 0 Å². The lowest BCUT2D eigenvalue weighted by molar-refractivity contribution is -0.187. The number of rotatable bonds is 3. The molecule has 2 aromatic heterocycles. The summed E-state index contributed by atoms with van der Waals surface area (Å²) in [7, 11) is 0. The van der Waals surface area contributed by atoms with Gasteiger partial charge in [0.05, 0.1) is 17.7 Å². The van der Waals surface area contributed by atoms with Crippen molar-refractivity contribution >= 4 is 16.9 Å². The van der Waals surface area contributed by atoms with E-state index in [1.165, 1.54) is 6.20 Å². The van der Waals surface area contributed by atoms with Crippen LogP contribution in [-0.4, -0.2) is 32.9 Å². The van der Waals surface area contributed by atoms with Crippen molar-refractivity contribution in [3.05, 3.63) is 24.0 Å². The predicted octanol–water partition coefficient (Wildman–Crippen LogP) is 3.86. The summed E-state index contributed by atoms with van der Waals surface area (Å²) in [4.78, 5) is 16.7. The molecule has 0 saturated heterocycles. The fourth-order valence-corrected chi connectivity index (χ4v) is 3.39. The predicted molar refractivity (Wildman–Crippen MR) is 87.2 cm³/mol. The van der Waals surface area contributed by atoms with E-state index in [1.807, 2.05) is 13.8 Å². The van der Waals surface area contributed by atoms with Gasteiger partial charge in [0.1, 0.15) is 0 Å². The number of nitrogens with zero attached hydrogens (tertiary/aromatic N) is 3. The Hall–Kier alpha value is -2.12. The van der Waals surface area contributed by atoms with Crippen LogP contribution in [0.2, 0.25) is 0 Å². The summed E-state index contributed by atoms with van der Waals surface area (Å²) in [6.07, 6.45) is 0.346. The van der Waals surface area contributed by atoms with Gasteiger partial charge in [0.2, 0.25) is 0 Å². The fourth-order valence-electron chi connectivity index (χ4n) is 3.39. The molecule has 136 valence electrons. The highest BCUT2D eigenvalue weighted by Crippen LogP contribution is 2.37. The van der Waals surface area contributed by atoms with Gasteiger partial charge < -0.3 is 5.32 Å². The summed E-state index contributed by atoms with van der Waals surface area (Å²) in [5, 5.41) is 7.48. The molecule has 1 saturated carbocycles. The maximum absolute atomic E-state index is 13.2. The number of carbonyl (C=O) groups excluding carboxylic acids is 1. The first-order valence-corrected chi connectivity index (χ1v) is 8.48. The normalized spacial score (nSPS) is 21.7. The van der Waals surface area contributed by atoms with Gasteiger partial charge in [0.15, 0.2) is 5.65 Å². The van der Waals surface area contributed by atoms with E-state index in [0.29, 0.717) is 30.3 Å². The first-order valence-electron chi connectivity index (χ1n) is 8.48. The Morgan fingerprint density at radius 1 is 1.28 bits per heavy atom. The molecule has 0 aliphatic heterocycles. The highest BCUT2D eigenvalue weighted by molar-refractivity contribution is 5.97. The Labute approximate surface area is 143 Å². The van der Waals surface area contributed by atoms with Gasteiger partial charge in [-0.3, -0.25) is 4.79 Å². The van der Waals surface area contributed by atoms with E-state index in [0.717, 1.165) is 0 Å². The van der Waals surface area contributed by atoms with Gasteiger partial charge in [-0.05, 0) is 32.8 Å². The van der Waals surface area contributed by atoms with Gasteiger partial charge in [0.25, 0.3) is 5.91 Å². The summed E-state index contributed by atoms with van der Waals surface area (Å²) < 4.78 is 41.2. The lowest BCUT2D eigenvalue weighted by atomic mass is 9.84. The molecule has 1 N–H and O–H groups in total. The smallest absolute Gasteiger partial charge is 0.349 e. The number of hydrogen-bond acceptors (Lipinski definition) is 3. The van der Waals surface area contributed by atoms with E-state index in [1.54, 1.807) is 16.9 Å². The zero-order valence-corrected chi connectivity index (χ0v) is 14.2. The number of fused-ring (bicyclic) bond motifs is 1. The molecule has 3 rings (SSSR count). The Morgan fingerprint density at radius 2 is 2.00 bits per heavy atom. The van der Waals surface area contributed by atoms with Crippen molar-refractivity contribution in [3.8, 4) is 0 Å². The van der Waals surface area contributed by atoms with E-state index >= 15 is 0 Å². The average Bonchev–Trinajstić information content (AvgIpc) is 2.97. The third-order valence-corrected chi connectivity index (χ3v) is 4.69. The summed E-state index contributed by atoms with van der Waals surface area (Å²) in [5.41, 5.74) is 0.902. The van der Waals surface area contributed by atoms with E-state index in [9.17, 15) is 18.0 Å². The van der Waals surface area contributed by atoms with Crippen molar-refractivity contribution in [2.45, 2.75) is 57.8 Å². The van der Waals surface area contributed by atoms with Gasteiger partial charge >= 0.3 is 6.18 Å². The second-order valence-corrected chi connectivity index (χ2v) is 6.83. The van der Waals surface area contributed by atoms with Gasteiger partial charge in [-0.15, -0.1) is 0 Å². The number of alkyl halides is 3. The van der Waals surface area contributed by atoms with Crippen LogP contribution < -0.4 is 5.32 Å². The molecule has 1 fully saturated rings. The highest BCUT2D eigenvalue weighted by Gasteiger charge is 2.46. The van der Waals surface area contributed by atoms with Crippen LogP contribution in [0, 0.1) is 5.92 Å². The maximum Gasteiger partial charge on any atom is 0.393 e. The third-order valence-electron chi connectivity index (χ3n) is 4.69. The number of aromatic nitrogens is 3. The van der Waals surface area contributed by atoms with Gasteiger partial charge in [-0.25, -0.2) is 9.67 Å². The zero-order valence-electron chi connectivity index (χ0n) is 14.2. The molecular weight excluding hydrogens is 333 g/mol. The van der Waals surface area contributed by atoms with Crippen LogP contribution in [0.15, 0.2) is 18.5 Å². The number of hydrogen-bond donors (Lipinski definition) is 1. The van der Waals surface area contributed by atoms with Crippen LogP contribution in [-0.2, 0) is 0 Å². The molecule has 2 aromatic rings. The number of amides is 1. The first kappa shape index (κ1) is 17.7. The lowest BCUT2D eigenvalue weighted by Gasteiger charge is -2.33. The Morgan fingerprint density at radius 3 is 2.68 bits per heavy atom. The molecule has 2 atom stereocenters. The monoisotopic (exact) mass is 354 g/mol. The van der Waals surface area contributed by atoms with Crippen molar-refractivity contribution in [1.82, 2.24) is 20.1 Å². The van der Waals surface area contributed by atoms with E-state index in [2.05, 4.69) is 15.4 Å². The fraction of sp³-hybridized carbons (Fsp3) is 0.588. The minimum atomic E-state index is -4.29. The second kappa shape index (κ2) is 6.65. The Bertz CT molecular complexity index is 769. The van der Waals surface area contributed by atoms with Crippen molar-refractivity contribution in [2.24, 2.45) is 5.92 Å². The van der Waals surface area contributed by atoms with Gasteiger partial charge in [-0.2, -0.15) is 18.3 Å². The van der Waals surface area contributed by atoms with Crippen LogP contribution in [0.3, 0.4) is 0 Å². The Kier molecular flexibility index (Phi) is 4.71. The van der Waals surface area contributed by atoms with Crippen LogP contribution in [0.1, 0.15) is 55.9 Å². The second-order valence-electron chi connectivity index (χ2n) is 6.83. The molecule has 0 radical (unpaired) electrons. The molecular formula is C17H21F3N4O. The molecule has 2 heterocycles. The molecule has 8 heteroatoms. The molecule has 1 aliphatic carbocycles. The minimum absolute atomic E-state index is 0.0624. The molecule has 0 bridgehead atoms. The highest BCUT2D eigenvalue weighted by atomic mass is 19.4. The standard InChI is InChI=1S/C17H21F3N4O/c1-10(2)24-15-11(9-22-24)7-12(8-21-15)16(25)23-14-6-4-3-5-13(14)17(18,19)20/h7-10,13-14H,3-6H2,1-2H3,(H,23,25)/t13-,14-/m0/s1. The zero-order chi connectivity index (χ0) is 18.2. The van der Waals surface area contributed by atoms with Gasteiger partial charge in [-0.1, -0.05) is 12.8 Å². The molecule has 5 nitrogen and oxygen atoms in total. The lowest BCUT2D eigenvalue weighted by Crippen LogP contribution is -2.47. The molecule has 1 amide bonds. The number of carbonyl (C=O) groups is 1. The average molecular weight is 354 g/mol. The SMILES string of the molecule is CC(C)n1ncc2cc(C(=O)N[C@H]3CCCC[C@@H]3C(F)(F)F)cnc21. The summed E-state index contributed by atoms with van der Waals surface area (Å²) in [6, 6.07) is 0.865. The molecule has 25 heavy (non-hydrogen) atoms. The maximum atomic E-state index is 13.2. The summed E-state index contributed by atoms with van der Waals surface area (Å²) in [6.45, 7) is 3.93. The van der Waals surface area contributed by atoms with E-state index < -0.39 is 24.0 Å². The van der Waals surface area contributed by atoms with Crippen LogP contribution in [0.5, 0.6) is 0 Å². The van der Waals surface area contributed by atoms with Crippen molar-refractivity contribution in [1.29, 1.82) is 0 Å². The number of nitrogens with one attached hydrogen (secondary N) is 1. The van der Waals surface area contributed by atoms with E-state index in [-0.39, 0.29) is 18.0 Å². The van der Waals surface area contributed by atoms with Crippen LogP contribution in [0.25, 0.3) is 11.0 Å². The van der Waals surface area contributed by atoms with Crippen molar-refractivity contribution < 1.29 is 18.0 Å². The molecule has 0 aromatic carbocycles.